The van der Waals surface area contributed by atoms with E-state index in [4.69, 9.17) is 30.1 Å². The molecule has 2 aromatic heterocycles. The Morgan fingerprint density at radius 1 is 1.00 bits per heavy atom. The molecule has 46 heavy (non-hydrogen) atoms. The number of anilines is 1. The van der Waals surface area contributed by atoms with Gasteiger partial charge in [0.2, 0.25) is 0 Å². The number of hydrogen-bond acceptors (Lipinski definition) is 19. The van der Waals surface area contributed by atoms with Crippen molar-refractivity contribution in [1.29, 1.82) is 0 Å². The fraction of sp³-hybridized carbons (Fsp3) is 0.625. The first kappa shape index (κ1) is 46.7. The van der Waals surface area contributed by atoms with Gasteiger partial charge in [0.25, 0.3) is 0 Å². The first-order chi connectivity index (χ1) is 19.8. The Labute approximate surface area is 317 Å². The van der Waals surface area contributed by atoms with Crippen molar-refractivity contribution in [2.24, 2.45) is 0 Å². The van der Waals surface area contributed by atoms with Crippen molar-refractivity contribution in [3.8, 4) is 0 Å². The molecule has 10 atom stereocenters. The molecule has 3 heterocycles. The summed E-state index contributed by atoms with van der Waals surface area (Å²) in [7, 11) is -17.3. The molecule has 1 fully saturated rings. The van der Waals surface area contributed by atoms with Crippen molar-refractivity contribution in [2.75, 3.05) is 18.9 Å². The molecule has 0 aromatic carbocycles. The number of fused-ring (bicyclic) bond motifs is 1. The molecular formula is C16H30MgN5Na2O19P3. The normalized spacial score (nSPS) is 25.0. The number of ether oxygens (including phenoxy) is 2. The van der Waals surface area contributed by atoms with E-state index in [-0.39, 0.29) is 99.1 Å². The molecular weight excluding hydrogens is 729 g/mol. The Morgan fingerprint density at radius 2 is 1.61 bits per heavy atom. The summed E-state index contributed by atoms with van der Waals surface area (Å²) in [6.07, 6.45) is -14.6. The van der Waals surface area contributed by atoms with E-state index in [0.29, 0.717) is 0 Å². The van der Waals surface area contributed by atoms with Crippen LogP contribution in [-0.2, 0) is 41.1 Å². The third-order valence-corrected chi connectivity index (χ3v) is 9.34. The molecule has 2 unspecified atom stereocenters. The van der Waals surface area contributed by atoms with Crippen molar-refractivity contribution in [2.45, 2.75) is 49.0 Å². The van der Waals surface area contributed by atoms with Gasteiger partial charge < -0.3 is 65.4 Å². The Bertz CT molecular complexity index is 1460. The summed E-state index contributed by atoms with van der Waals surface area (Å²) in [6.45, 7) is -2.32. The van der Waals surface area contributed by atoms with E-state index >= 15 is 0 Å². The van der Waals surface area contributed by atoms with Crippen molar-refractivity contribution in [3.05, 3.63) is 12.7 Å². The first-order valence-electron chi connectivity index (χ1n) is 11.4. The first-order valence-corrected chi connectivity index (χ1v) is 15.9. The number of phosphoric acid groups is 3. The van der Waals surface area contributed by atoms with Gasteiger partial charge in [0, 0.05) is 0 Å². The number of phosphoric ester groups is 1. The van der Waals surface area contributed by atoms with Crippen LogP contribution in [0.15, 0.2) is 12.7 Å². The van der Waals surface area contributed by atoms with Crippen LogP contribution in [0, 0.1) is 0 Å². The predicted molar refractivity (Wildman–Crippen MR) is 153 cm³/mol. The molecule has 0 radical (unpaired) electrons. The summed E-state index contributed by atoms with van der Waals surface area (Å²) in [5.74, 6) is -1.85. The second-order valence-electron chi connectivity index (χ2n) is 8.60. The van der Waals surface area contributed by atoms with E-state index in [1.54, 1.807) is 0 Å². The minimum atomic E-state index is -5.91. The van der Waals surface area contributed by atoms with E-state index in [1.807, 2.05) is 0 Å². The maximum absolute atomic E-state index is 12.6. The van der Waals surface area contributed by atoms with Gasteiger partial charge >= 0.3 is 112 Å². The van der Waals surface area contributed by atoms with Crippen LogP contribution < -0.4 is 5.73 Å². The average molecular weight is 760 g/mol. The zero-order valence-electron chi connectivity index (χ0n) is 21.0. The van der Waals surface area contributed by atoms with E-state index in [0.717, 1.165) is 17.2 Å². The van der Waals surface area contributed by atoms with Crippen molar-refractivity contribution in [3.63, 3.8) is 0 Å². The van der Waals surface area contributed by atoms with E-state index in [2.05, 4.69) is 28.1 Å². The quantitative estimate of drug-likeness (QED) is 0.0484. The van der Waals surface area contributed by atoms with Gasteiger partial charge in [-0.25, -0.2) is 33.4 Å². The third-order valence-electron chi connectivity index (χ3n) is 5.54. The molecule has 3 rings (SSSR count). The number of rotatable bonds is 14. The molecule has 2 aromatic rings. The number of imidazole rings is 1. The number of aliphatic hydroxyl groups excluding tert-OH is 6. The Hall–Kier alpha value is 0.716. The van der Waals surface area contributed by atoms with Crippen LogP contribution in [0.4, 0.5) is 5.82 Å². The number of carbonyl (C=O) groups excluding carboxylic acids is 1. The molecule has 0 spiro atoms. The Balaban J connectivity index is 0.00000675. The number of esters is 1. The average Bonchev–Trinajstić information content (AvgIpc) is 3.45. The van der Waals surface area contributed by atoms with Crippen molar-refractivity contribution in [1.82, 2.24) is 19.5 Å². The molecule has 0 bridgehead atoms. The van der Waals surface area contributed by atoms with Gasteiger partial charge in [0.15, 0.2) is 29.9 Å². The summed E-state index contributed by atoms with van der Waals surface area (Å²) in [5.41, 5.74) is 5.72. The van der Waals surface area contributed by atoms with E-state index < -0.39 is 91.6 Å². The van der Waals surface area contributed by atoms with Gasteiger partial charge in [-0.15, -0.1) is 0 Å². The molecule has 1 aliphatic rings. The van der Waals surface area contributed by atoms with Gasteiger partial charge in [0.05, 0.1) is 19.5 Å². The van der Waals surface area contributed by atoms with Gasteiger partial charge in [-0.2, -0.15) is 8.62 Å². The number of nitrogens with zero attached hydrogens (tertiary/aromatic N) is 4. The third kappa shape index (κ3) is 12.2. The van der Waals surface area contributed by atoms with Crippen LogP contribution in [-0.4, -0.2) is 214 Å². The van der Waals surface area contributed by atoms with Crippen LogP contribution in [0.2, 0.25) is 0 Å². The minimum absolute atomic E-state index is 0. The van der Waals surface area contributed by atoms with Crippen LogP contribution in [0.5, 0.6) is 0 Å². The fourth-order valence-electron chi connectivity index (χ4n) is 3.62. The number of carbonyl (C=O) groups is 1. The van der Waals surface area contributed by atoms with E-state index in [9.17, 15) is 53.8 Å². The predicted octanol–water partition coefficient (Wildman–Crippen LogP) is -6.86. The summed E-state index contributed by atoms with van der Waals surface area (Å²) in [4.78, 5) is 60.6. The number of aromatic nitrogens is 4. The van der Waals surface area contributed by atoms with Gasteiger partial charge in [0.1, 0.15) is 42.4 Å². The molecule has 0 amide bonds. The second kappa shape index (κ2) is 18.8. The van der Waals surface area contributed by atoms with Gasteiger partial charge in [-0.05, 0) is 0 Å². The summed E-state index contributed by atoms with van der Waals surface area (Å²) >= 11 is 0. The van der Waals surface area contributed by atoms with Crippen LogP contribution >= 0.6 is 23.5 Å². The summed E-state index contributed by atoms with van der Waals surface area (Å²) in [6, 6.07) is 0. The number of aliphatic hydroxyl groups is 6. The van der Waals surface area contributed by atoms with Gasteiger partial charge in [-0.3, -0.25) is 9.09 Å². The number of hydrogen-bond donors (Lipinski definition) is 11. The molecule has 1 aliphatic heterocycles. The van der Waals surface area contributed by atoms with Crippen molar-refractivity contribution < 1.29 is 91.3 Å². The van der Waals surface area contributed by atoms with Crippen LogP contribution in [0.1, 0.15) is 6.23 Å². The Morgan fingerprint density at radius 3 is 2.17 bits per heavy atom. The molecule has 252 valence electrons. The summed E-state index contributed by atoms with van der Waals surface area (Å²) < 4.78 is 57.9. The van der Waals surface area contributed by atoms with Crippen LogP contribution in [0.3, 0.4) is 0 Å². The Kier molecular flexibility index (Phi) is 19.1. The SMILES string of the molecule is Nc1ncnc2c1ncn2[C@@H]1O[C@H](COP(=O)(O)OP(=O)(O)OP(=O)(O)O)[C@@H](OC(=O)[C@H](O)[C@@H](O)[C@H](O)[C@H](O)CO)[C@H]1O.[MgH2].[NaH].[NaH]. The number of nitrogens with two attached hydrogens (primary N) is 1. The van der Waals surface area contributed by atoms with E-state index in [1.165, 1.54) is 0 Å². The van der Waals surface area contributed by atoms with Crippen molar-refractivity contribution >= 4 is 129 Å². The standard InChI is InChI=1S/C16H26N5O19P3.Mg.2Na.4H/c17-13-7-14(19-3-18-13)21(4-20-7)15-11(27)12(38-16(28)10(26)9(25)8(24)5(23)1-22)6(37-15)2-36-42(32,33)40-43(34,35)39-41(29,30)31;;;;;;;/h3-6,8-12,15,22-27H,1-2H2,(H,32,33)(H,34,35)(H2,17,18,19)(H2,29,30,31);;;;;;;/t5-,6-,8-,9+,10-,11-,12-,15-;;;;;;;/m1......./s1. The molecule has 30 heteroatoms. The maximum atomic E-state index is 12.6. The monoisotopic (exact) mass is 759 g/mol. The fourth-order valence-corrected chi connectivity index (χ4v) is 6.65. The molecule has 24 nitrogen and oxygen atoms in total. The van der Waals surface area contributed by atoms with Crippen LogP contribution in [0.25, 0.3) is 11.2 Å². The second-order valence-corrected chi connectivity index (χ2v) is 13.0. The molecule has 1 saturated heterocycles. The number of nitrogen functional groups attached to an aromatic ring is 1. The zero-order chi connectivity index (χ0) is 32.5. The molecule has 0 aliphatic carbocycles. The topological polar surface area (TPSA) is 386 Å². The molecule has 0 saturated carbocycles. The zero-order valence-corrected chi connectivity index (χ0v) is 23.7. The van der Waals surface area contributed by atoms with Gasteiger partial charge in [-0.1, -0.05) is 0 Å². The molecule has 12 N–H and O–H groups in total. The summed E-state index contributed by atoms with van der Waals surface area (Å²) in [5, 5.41) is 59.2.